The third-order valence-electron chi connectivity index (χ3n) is 3.04. The van der Waals surface area contributed by atoms with Crippen LogP contribution in [0.4, 0.5) is 5.82 Å². The lowest BCUT2D eigenvalue weighted by molar-refractivity contribution is -0.141. The molecule has 3 N–H and O–H groups in total. The van der Waals surface area contributed by atoms with Crippen LogP contribution < -0.4 is 5.32 Å². The molecule has 0 saturated carbocycles. The molecule has 1 atom stereocenters. The molecule has 0 aliphatic rings. The first kappa shape index (κ1) is 13.1. The topological polar surface area (TPSA) is 82.5 Å². The lowest BCUT2D eigenvalue weighted by atomic mass is 10.1. The van der Waals surface area contributed by atoms with Crippen LogP contribution in [0.2, 0.25) is 0 Å². The summed E-state index contributed by atoms with van der Waals surface area (Å²) >= 11 is 0. The number of nitrogens with one attached hydrogen (secondary N) is 1. The zero-order valence-electron chi connectivity index (χ0n) is 10.6. The van der Waals surface area contributed by atoms with E-state index in [2.05, 4.69) is 10.3 Å². The van der Waals surface area contributed by atoms with Gasteiger partial charge in [0.2, 0.25) is 0 Å². The molecule has 19 heavy (non-hydrogen) atoms. The Labute approximate surface area is 110 Å². The van der Waals surface area contributed by atoms with Crippen LogP contribution in [0.25, 0.3) is 10.8 Å². The number of hydrogen-bond acceptors (Lipinski definition) is 4. The van der Waals surface area contributed by atoms with E-state index in [9.17, 15) is 9.90 Å². The fourth-order valence-electron chi connectivity index (χ4n) is 1.83. The minimum atomic E-state index is -0.801. The van der Waals surface area contributed by atoms with Crippen molar-refractivity contribution in [2.75, 3.05) is 11.9 Å². The molecule has 2 aromatic rings. The molecule has 0 fully saturated rings. The van der Waals surface area contributed by atoms with Gasteiger partial charge in [0.15, 0.2) is 0 Å². The molecule has 1 heterocycles. The van der Waals surface area contributed by atoms with Gasteiger partial charge in [0.05, 0.1) is 5.92 Å². The predicted molar refractivity (Wildman–Crippen MR) is 73.3 cm³/mol. The summed E-state index contributed by atoms with van der Waals surface area (Å²) in [6.07, 6.45) is 2.20. The minimum Gasteiger partial charge on any atom is -0.508 e. The van der Waals surface area contributed by atoms with Gasteiger partial charge in [-0.25, -0.2) is 4.98 Å². The molecule has 2 rings (SSSR count). The van der Waals surface area contributed by atoms with Gasteiger partial charge < -0.3 is 15.5 Å². The molecule has 0 spiro atoms. The van der Waals surface area contributed by atoms with E-state index >= 15 is 0 Å². The van der Waals surface area contributed by atoms with E-state index in [4.69, 9.17) is 5.11 Å². The Kier molecular flexibility index (Phi) is 3.85. The van der Waals surface area contributed by atoms with Crippen LogP contribution in [0.15, 0.2) is 30.5 Å². The maximum atomic E-state index is 10.7. The smallest absolute Gasteiger partial charge is 0.306 e. The van der Waals surface area contributed by atoms with Crippen molar-refractivity contribution < 1.29 is 15.0 Å². The largest absolute Gasteiger partial charge is 0.508 e. The number of carbonyl (C=O) groups is 1. The third-order valence-corrected chi connectivity index (χ3v) is 3.04. The summed E-state index contributed by atoms with van der Waals surface area (Å²) in [6.45, 7) is 2.20. The molecule has 0 amide bonds. The van der Waals surface area contributed by atoms with Gasteiger partial charge in [-0.05, 0) is 30.0 Å². The van der Waals surface area contributed by atoms with Gasteiger partial charge in [-0.2, -0.15) is 0 Å². The summed E-state index contributed by atoms with van der Waals surface area (Å²) in [5.74, 6) is -0.352. The number of phenols is 1. The van der Waals surface area contributed by atoms with E-state index in [1.165, 1.54) is 0 Å². The van der Waals surface area contributed by atoms with Crippen LogP contribution in [0, 0.1) is 5.92 Å². The first-order valence-corrected chi connectivity index (χ1v) is 6.12. The Bertz CT molecular complexity index is 598. The monoisotopic (exact) mass is 260 g/mol. The van der Waals surface area contributed by atoms with E-state index in [-0.39, 0.29) is 5.75 Å². The molecule has 0 aliphatic heterocycles. The number of hydrogen-bond donors (Lipinski definition) is 3. The number of anilines is 1. The quantitative estimate of drug-likeness (QED) is 0.769. The molecule has 0 saturated heterocycles. The third kappa shape index (κ3) is 3.13. The van der Waals surface area contributed by atoms with Gasteiger partial charge in [-0.3, -0.25) is 4.79 Å². The van der Waals surface area contributed by atoms with Crippen LogP contribution in [-0.2, 0) is 4.79 Å². The molecule has 0 aliphatic carbocycles. The number of phenolic OH excluding ortho intramolecular Hbond substituents is 1. The molecule has 5 nitrogen and oxygen atoms in total. The SMILES string of the molecule is CC(CCNc1nccc2ccc(O)cc12)C(=O)O. The number of carboxylic acid groups (broad SMARTS) is 1. The van der Waals surface area contributed by atoms with Crippen molar-refractivity contribution in [3.8, 4) is 5.75 Å². The zero-order chi connectivity index (χ0) is 13.8. The number of rotatable bonds is 5. The number of nitrogens with zero attached hydrogens (tertiary/aromatic N) is 1. The second-order valence-corrected chi connectivity index (χ2v) is 4.52. The van der Waals surface area contributed by atoms with Crippen LogP contribution >= 0.6 is 0 Å². The summed E-state index contributed by atoms with van der Waals surface area (Å²) in [5.41, 5.74) is 0. The normalized spacial score (nSPS) is 12.3. The number of aromatic hydroxyl groups is 1. The van der Waals surface area contributed by atoms with Crippen molar-refractivity contribution in [3.05, 3.63) is 30.5 Å². The van der Waals surface area contributed by atoms with Gasteiger partial charge in [0.25, 0.3) is 0 Å². The second kappa shape index (κ2) is 5.56. The van der Waals surface area contributed by atoms with Crippen molar-refractivity contribution in [2.24, 2.45) is 5.92 Å². The van der Waals surface area contributed by atoms with Crippen molar-refractivity contribution in [3.63, 3.8) is 0 Å². The molecule has 1 unspecified atom stereocenters. The predicted octanol–water partition coefficient (Wildman–Crippen LogP) is 2.46. The fourth-order valence-corrected chi connectivity index (χ4v) is 1.83. The average molecular weight is 260 g/mol. The number of fused-ring (bicyclic) bond motifs is 1. The van der Waals surface area contributed by atoms with Gasteiger partial charge in [0.1, 0.15) is 11.6 Å². The van der Waals surface area contributed by atoms with Crippen molar-refractivity contribution in [2.45, 2.75) is 13.3 Å². The highest BCUT2D eigenvalue weighted by Crippen LogP contribution is 2.25. The van der Waals surface area contributed by atoms with E-state index in [1.54, 1.807) is 25.3 Å². The standard InChI is InChI=1S/C14H16N2O3/c1-9(14(18)19)4-6-15-13-12-8-11(17)3-2-10(12)5-7-16-13/h2-3,5,7-9,17H,4,6H2,1H3,(H,15,16)(H,18,19). The van der Waals surface area contributed by atoms with Gasteiger partial charge >= 0.3 is 5.97 Å². The summed E-state index contributed by atoms with van der Waals surface area (Å²) in [4.78, 5) is 14.9. The lowest BCUT2D eigenvalue weighted by Gasteiger charge is -2.10. The summed E-state index contributed by atoms with van der Waals surface area (Å²) in [7, 11) is 0. The summed E-state index contributed by atoms with van der Waals surface area (Å²) in [6, 6.07) is 6.95. The van der Waals surface area contributed by atoms with E-state index < -0.39 is 11.9 Å². The highest BCUT2D eigenvalue weighted by atomic mass is 16.4. The first-order valence-electron chi connectivity index (χ1n) is 6.12. The maximum Gasteiger partial charge on any atom is 0.306 e. The summed E-state index contributed by atoms with van der Waals surface area (Å²) < 4.78 is 0. The van der Waals surface area contributed by atoms with Gasteiger partial charge in [-0.15, -0.1) is 0 Å². The Morgan fingerprint density at radius 2 is 2.21 bits per heavy atom. The second-order valence-electron chi connectivity index (χ2n) is 4.52. The molecule has 5 heteroatoms. The average Bonchev–Trinajstić information content (AvgIpc) is 2.39. The van der Waals surface area contributed by atoms with E-state index in [0.717, 1.165) is 10.8 Å². The Morgan fingerprint density at radius 3 is 2.95 bits per heavy atom. The highest BCUT2D eigenvalue weighted by molar-refractivity contribution is 5.92. The Hall–Kier alpha value is -2.30. The molecule has 1 aromatic heterocycles. The van der Waals surface area contributed by atoms with E-state index in [1.807, 2.05) is 12.1 Å². The van der Waals surface area contributed by atoms with Crippen molar-refractivity contribution >= 4 is 22.6 Å². The van der Waals surface area contributed by atoms with Crippen molar-refractivity contribution in [1.82, 2.24) is 4.98 Å². The molecule has 100 valence electrons. The van der Waals surface area contributed by atoms with Crippen LogP contribution in [0.1, 0.15) is 13.3 Å². The van der Waals surface area contributed by atoms with Gasteiger partial charge in [-0.1, -0.05) is 13.0 Å². The fraction of sp³-hybridized carbons (Fsp3) is 0.286. The van der Waals surface area contributed by atoms with Crippen LogP contribution in [0.5, 0.6) is 5.75 Å². The Morgan fingerprint density at radius 1 is 1.42 bits per heavy atom. The van der Waals surface area contributed by atoms with Gasteiger partial charge in [0, 0.05) is 18.1 Å². The van der Waals surface area contributed by atoms with E-state index in [0.29, 0.717) is 18.8 Å². The summed E-state index contributed by atoms with van der Waals surface area (Å²) in [5, 5.41) is 23.2. The lowest BCUT2D eigenvalue weighted by Crippen LogP contribution is -2.14. The molecule has 0 bridgehead atoms. The number of pyridine rings is 1. The maximum absolute atomic E-state index is 10.7. The highest BCUT2D eigenvalue weighted by Gasteiger charge is 2.10. The van der Waals surface area contributed by atoms with Crippen LogP contribution in [-0.4, -0.2) is 27.7 Å². The van der Waals surface area contributed by atoms with Crippen LogP contribution in [0.3, 0.4) is 0 Å². The molecule has 1 aromatic carbocycles. The van der Waals surface area contributed by atoms with Crippen molar-refractivity contribution in [1.29, 1.82) is 0 Å². The molecule has 0 radical (unpaired) electrons. The number of aliphatic carboxylic acids is 1. The number of benzene rings is 1. The minimum absolute atomic E-state index is 0.183. The first-order chi connectivity index (χ1) is 9.08. The number of carboxylic acids is 1. The molecular weight excluding hydrogens is 244 g/mol. The molecular formula is C14H16N2O3. The Balaban J connectivity index is 2.12. The number of aromatic nitrogens is 1. The zero-order valence-corrected chi connectivity index (χ0v) is 10.6.